The molecular formula is C12H18BrNO. The van der Waals surface area contributed by atoms with Gasteiger partial charge in [0.15, 0.2) is 0 Å². The monoisotopic (exact) mass is 271 g/mol. The summed E-state index contributed by atoms with van der Waals surface area (Å²) in [4.78, 5) is 0. The van der Waals surface area contributed by atoms with Crippen molar-refractivity contribution in [2.45, 2.75) is 32.4 Å². The number of benzene rings is 1. The zero-order valence-corrected chi connectivity index (χ0v) is 10.8. The first-order chi connectivity index (χ1) is 7.11. The molecule has 0 aliphatic carbocycles. The third kappa shape index (κ3) is 4.33. The molecule has 1 aromatic carbocycles. The van der Waals surface area contributed by atoms with E-state index in [2.05, 4.69) is 34.2 Å². The van der Waals surface area contributed by atoms with E-state index in [4.69, 9.17) is 5.11 Å². The molecule has 0 amide bonds. The predicted molar refractivity (Wildman–Crippen MR) is 66.9 cm³/mol. The molecule has 84 valence electrons. The van der Waals surface area contributed by atoms with Gasteiger partial charge in [-0.2, -0.15) is 0 Å². The van der Waals surface area contributed by atoms with E-state index in [-0.39, 0.29) is 6.10 Å². The van der Waals surface area contributed by atoms with Crippen molar-refractivity contribution >= 4 is 15.9 Å². The lowest BCUT2D eigenvalue weighted by atomic mass is 10.1. The van der Waals surface area contributed by atoms with E-state index < -0.39 is 0 Å². The fourth-order valence-electron chi connectivity index (χ4n) is 1.44. The maximum absolute atomic E-state index is 9.14. The van der Waals surface area contributed by atoms with E-state index >= 15 is 0 Å². The molecule has 0 fully saturated rings. The number of aliphatic hydroxyl groups is 1. The van der Waals surface area contributed by atoms with Gasteiger partial charge in [-0.15, -0.1) is 0 Å². The topological polar surface area (TPSA) is 32.3 Å². The van der Waals surface area contributed by atoms with Gasteiger partial charge in [0.1, 0.15) is 0 Å². The number of aliphatic hydroxyl groups excluding tert-OH is 1. The van der Waals surface area contributed by atoms with Gasteiger partial charge in [0, 0.05) is 10.5 Å². The van der Waals surface area contributed by atoms with Crippen molar-refractivity contribution in [3.63, 3.8) is 0 Å². The lowest BCUT2D eigenvalue weighted by molar-refractivity contribution is 0.182. The summed E-state index contributed by atoms with van der Waals surface area (Å²) in [6.45, 7) is 4.77. The van der Waals surface area contributed by atoms with Gasteiger partial charge in [-0.3, -0.25) is 0 Å². The summed E-state index contributed by atoms with van der Waals surface area (Å²) >= 11 is 3.53. The molecule has 0 unspecified atom stereocenters. The summed E-state index contributed by atoms with van der Waals surface area (Å²) in [5.74, 6) is 0. The number of rotatable bonds is 5. The molecule has 0 spiro atoms. The highest BCUT2D eigenvalue weighted by molar-refractivity contribution is 9.10. The fourth-order valence-corrected chi connectivity index (χ4v) is 2.07. The Balaban J connectivity index is 2.47. The van der Waals surface area contributed by atoms with Gasteiger partial charge in [-0.25, -0.2) is 0 Å². The first-order valence-corrected chi connectivity index (χ1v) is 6.06. The lowest BCUT2D eigenvalue weighted by Gasteiger charge is -2.16. The second-order valence-electron chi connectivity index (χ2n) is 3.84. The van der Waals surface area contributed by atoms with Crippen LogP contribution in [0.3, 0.4) is 0 Å². The van der Waals surface area contributed by atoms with E-state index in [1.807, 2.05) is 25.1 Å². The minimum Gasteiger partial charge on any atom is -0.393 e. The molecule has 0 saturated carbocycles. The highest BCUT2D eigenvalue weighted by atomic mass is 79.9. The van der Waals surface area contributed by atoms with Crippen molar-refractivity contribution < 1.29 is 5.11 Å². The molecular weight excluding hydrogens is 254 g/mol. The molecule has 3 heteroatoms. The summed E-state index contributed by atoms with van der Waals surface area (Å²) in [5.41, 5.74) is 1.25. The molecule has 15 heavy (non-hydrogen) atoms. The molecule has 0 aliphatic rings. The summed E-state index contributed by atoms with van der Waals surface area (Å²) in [6.07, 6.45) is 0.554. The maximum Gasteiger partial charge on any atom is 0.0524 e. The van der Waals surface area contributed by atoms with Gasteiger partial charge in [0.25, 0.3) is 0 Å². The van der Waals surface area contributed by atoms with Crippen LogP contribution >= 0.6 is 15.9 Å². The van der Waals surface area contributed by atoms with E-state index in [0.29, 0.717) is 6.04 Å². The standard InChI is InChI=1S/C12H18BrNO/c1-9(15)7-8-14-10(2)11-5-3-4-6-12(11)13/h3-6,9-10,14-15H,7-8H2,1-2H3/t9-,10+/m1/s1. The predicted octanol–water partition coefficient (Wildman–Crippen LogP) is 2.87. The zero-order chi connectivity index (χ0) is 11.3. The largest absolute Gasteiger partial charge is 0.393 e. The minimum atomic E-state index is -0.232. The number of halogens is 1. The van der Waals surface area contributed by atoms with Crippen LogP contribution in [0.1, 0.15) is 31.9 Å². The lowest BCUT2D eigenvalue weighted by Crippen LogP contribution is -2.22. The summed E-state index contributed by atoms with van der Waals surface area (Å²) in [5, 5.41) is 12.5. The Bertz CT molecular complexity index is 301. The average Bonchev–Trinajstić information content (AvgIpc) is 2.17. The van der Waals surface area contributed by atoms with Crippen molar-refractivity contribution in [2.24, 2.45) is 0 Å². The van der Waals surface area contributed by atoms with Crippen molar-refractivity contribution in [3.8, 4) is 0 Å². The van der Waals surface area contributed by atoms with E-state index in [1.165, 1.54) is 5.56 Å². The second-order valence-corrected chi connectivity index (χ2v) is 4.69. The molecule has 0 heterocycles. The van der Waals surface area contributed by atoms with Crippen LogP contribution in [0.2, 0.25) is 0 Å². The first kappa shape index (κ1) is 12.7. The first-order valence-electron chi connectivity index (χ1n) is 5.27. The molecule has 1 rings (SSSR count). The smallest absolute Gasteiger partial charge is 0.0524 e. The van der Waals surface area contributed by atoms with Crippen LogP contribution in [0.15, 0.2) is 28.7 Å². The van der Waals surface area contributed by atoms with Crippen molar-refractivity contribution in [1.29, 1.82) is 0 Å². The van der Waals surface area contributed by atoms with Crippen LogP contribution < -0.4 is 5.32 Å². The van der Waals surface area contributed by atoms with Gasteiger partial charge < -0.3 is 10.4 Å². The van der Waals surface area contributed by atoms with Crippen molar-refractivity contribution in [3.05, 3.63) is 34.3 Å². The van der Waals surface area contributed by atoms with Gasteiger partial charge in [0.2, 0.25) is 0 Å². The summed E-state index contributed by atoms with van der Waals surface area (Å²) in [7, 11) is 0. The quantitative estimate of drug-likeness (QED) is 0.863. The Kier molecular flexibility index (Phi) is 5.29. The van der Waals surface area contributed by atoms with Crippen molar-refractivity contribution in [1.82, 2.24) is 5.32 Å². The van der Waals surface area contributed by atoms with Crippen LogP contribution in [-0.4, -0.2) is 17.8 Å². The van der Waals surface area contributed by atoms with Crippen LogP contribution in [0.4, 0.5) is 0 Å². The number of hydrogen-bond acceptors (Lipinski definition) is 2. The van der Waals surface area contributed by atoms with Gasteiger partial charge in [0.05, 0.1) is 6.10 Å². The molecule has 0 aromatic heterocycles. The van der Waals surface area contributed by atoms with Crippen LogP contribution in [-0.2, 0) is 0 Å². The molecule has 0 bridgehead atoms. The molecule has 2 N–H and O–H groups in total. The molecule has 0 saturated heterocycles. The van der Waals surface area contributed by atoms with E-state index in [1.54, 1.807) is 0 Å². The van der Waals surface area contributed by atoms with Crippen molar-refractivity contribution in [2.75, 3.05) is 6.54 Å². The number of hydrogen-bond donors (Lipinski definition) is 2. The SMILES string of the molecule is C[C@H](NCC[C@@H](C)O)c1ccccc1Br. The summed E-state index contributed by atoms with van der Waals surface area (Å²) < 4.78 is 1.13. The Morgan fingerprint density at radius 3 is 2.60 bits per heavy atom. The van der Waals surface area contributed by atoms with Gasteiger partial charge in [-0.05, 0) is 38.4 Å². The molecule has 2 atom stereocenters. The Hall–Kier alpha value is -0.380. The molecule has 1 aromatic rings. The van der Waals surface area contributed by atoms with Crippen LogP contribution in [0.25, 0.3) is 0 Å². The Labute approximate surface area is 99.8 Å². The maximum atomic E-state index is 9.14. The second kappa shape index (κ2) is 6.26. The molecule has 0 radical (unpaired) electrons. The zero-order valence-electron chi connectivity index (χ0n) is 9.20. The molecule has 0 aliphatic heterocycles. The highest BCUT2D eigenvalue weighted by Gasteiger charge is 2.07. The van der Waals surface area contributed by atoms with Gasteiger partial charge in [-0.1, -0.05) is 34.1 Å². The minimum absolute atomic E-state index is 0.232. The Morgan fingerprint density at radius 2 is 2.00 bits per heavy atom. The van der Waals surface area contributed by atoms with Crippen LogP contribution in [0, 0.1) is 0 Å². The van der Waals surface area contributed by atoms with E-state index in [9.17, 15) is 0 Å². The van der Waals surface area contributed by atoms with Gasteiger partial charge >= 0.3 is 0 Å². The Morgan fingerprint density at radius 1 is 1.33 bits per heavy atom. The molecule has 2 nitrogen and oxygen atoms in total. The average molecular weight is 272 g/mol. The van der Waals surface area contributed by atoms with E-state index in [0.717, 1.165) is 17.4 Å². The number of nitrogens with one attached hydrogen (secondary N) is 1. The fraction of sp³-hybridized carbons (Fsp3) is 0.500. The third-order valence-corrected chi connectivity index (χ3v) is 3.11. The highest BCUT2D eigenvalue weighted by Crippen LogP contribution is 2.22. The third-order valence-electron chi connectivity index (χ3n) is 2.38. The normalized spacial score (nSPS) is 14.9. The van der Waals surface area contributed by atoms with Crippen LogP contribution in [0.5, 0.6) is 0 Å². The summed E-state index contributed by atoms with van der Waals surface area (Å²) in [6, 6.07) is 8.49.